The van der Waals surface area contributed by atoms with E-state index in [0.29, 0.717) is 18.5 Å². The molecule has 0 bridgehead atoms. The lowest BCUT2D eigenvalue weighted by Gasteiger charge is -2.13. The van der Waals surface area contributed by atoms with Crippen molar-refractivity contribution in [1.82, 2.24) is 15.2 Å². The first-order valence-corrected chi connectivity index (χ1v) is 6.06. The molecule has 0 aliphatic carbocycles. The molecule has 0 aliphatic heterocycles. The highest BCUT2D eigenvalue weighted by atomic mass is 16.4. The van der Waals surface area contributed by atoms with Gasteiger partial charge < -0.3 is 9.32 Å². The van der Waals surface area contributed by atoms with Crippen molar-refractivity contribution in [2.24, 2.45) is 0 Å². The fraction of sp³-hybridized carbons (Fsp3) is 0.462. The Morgan fingerprint density at radius 2 is 2.00 bits per heavy atom. The molecule has 0 aromatic carbocycles. The van der Waals surface area contributed by atoms with E-state index in [1.165, 1.54) is 5.56 Å². The molecule has 0 atom stereocenters. The summed E-state index contributed by atoms with van der Waals surface area (Å²) in [5, 5.41) is 7.96. The van der Waals surface area contributed by atoms with Crippen LogP contribution in [0.5, 0.6) is 0 Å². The van der Waals surface area contributed by atoms with Crippen molar-refractivity contribution in [3.05, 3.63) is 35.0 Å². The maximum absolute atomic E-state index is 5.50. The number of rotatable bonds is 4. The summed E-state index contributed by atoms with van der Waals surface area (Å²) in [6.07, 6.45) is 0.753. The van der Waals surface area contributed by atoms with Gasteiger partial charge in [-0.2, -0.15) is 0 Å². The molecule has 0 unspecified atom stereocenters. The van der Waals surface area contributed by atoms with E-state index >= 15 is 0 Å². The van der Waals surface area contributed by atoms with Crippen LogP contribution in [0.25, 0.3) is 0 Å². The molecule has 0 saturated heterocycles. The third kappa shape index (κ3) is 2.85. The monoisotopic (exact) mass is 246 g/mol. The second-order valence-corrected chi connectivity index (χ2v) is 4.47. The number of nitrogens with zero attached hydrogens (tertiary/aromatic N) is 4. The number of hydrogen-bond acceptors (Lipinski definition) is 5. The van der Waals surface area contributed by atoms with Gasteiger partial charge >= 0.3 is 6.01 Å². The van der Waals surface area contributed by atoms with Crippen molar-refractivity contribution >= 4 is 6.01 Å². The van der Waals surface area contributed by atoms with Crippen LogP contribution < -0.4 is 4.90 Å². The molecule has 2 aromatic rings. The van der Waals surface area contributed by atoms with Gasteiger partial charge in [-0.25, -0.2) is 0 Å². The molecular formula is C13H18N4O. The molecule has 2 rings (SSSR count). The summed E-state index contributed by atoms with van der Waals surface area (Å²) in [5.74, 6) is 0.658. The molecule has 0 radical (unpaired) electrons. The smallest absolute Gasteiger partial charge is 0.318 e. The van der Waals surface area contributed by atoms with Gasteiger partial charge in [-0.3, -0.25) is 4.98 Å². The standard InChI is InChI=1S/C13H18N4O/c1-5-12-15-16-13(18-12)17(4)8-11-7-9(2)6-10(3)14-11/h6-7H,5,8H2,1-4H3. The molecule has 96 valence electrons. The van der Waals surface area contributed by atoms with Gasteiger partial charge in [0.2, 0.25) is 5.89 Å². The van der Waals surface area contributed by atoms with Crippen molar-refractivity contribution in [3.8, 4) is 0 Å². The Hall–Kier alpha value is -1.91. The minimum Gasteiger partial charge on any atom is -0.408 e. The van der Waals surface area contributed by atoms with Gasteiger partial charge in [-0.05, 0) is 31.5 Å². The molecule has 0 amide bonds. The fourth-order valence-corrected chi connectivity index (χ4v) is 1.86. The molecule has 2 heterocycles. The second kappa shape index (κ2) is 5.16. The SMILES string of the molecule is CCc1nnc(N(C)Cc2cc(C)cc(C)n2)o1. The molecule has 18 heavy (non-hydrogen) atoms. The first-order chi connectivity index (χ1) is 8.58. The highest BCUT2D eigenvalue weighted by molar-refractivity contribution is 5.27. The van der Waals surface area contributed by atoms with Gasteiger partial charge in [0, 0.05) is 19.2 Å². The van der Waals surface area contributed by atoms with Crippen LogP contribution in [0.1, 0.15) is 29.8 Å². The van der Waals surface area contributed by atoms with E-state index in [1.807, 2.05) is 25.8 Å². The van der Waals surface area contributed by atoms with E-state index in [9.17, 15) is 0 Å². The van der Waals surface area contributed by atoms with E-state index < -0.39 is 0 Å². The molecule has 2 aromatic heterocycles. The van der Waals surface area contributed by atoms with Crippen LogP contribution in [0, 0.1) is 13.8 Å². The minimum atomic E-state index is 0.535. The van der Waals surface area contributed by atoms with Crippen LogP contribution in [0.4, 0.5) is 6.01 Å². The van der Waals surface area contributed by atoms with Gasteiger partial charge in [0.1, 0.15) is 0 Å². The van der Waals surface area contributed by atoms with Crippen LogP contribution >= 0.6 is 0 Å². The number of anilines is 1. The zero-order valence-electron chi connectivity index (χ0n) is 11.3. The number of aromatic nitrogens is 3. The predicted molar refractivity (Wildman–Crippen MR) is 69.5 cm³/mol. The summed E-state index contributed by atoms with van der Waals surface area (Å²) < 4.78 is 5.50. The highest BCUT2D eigenvalue weighted by Crippen LogP contribution is 2.14. The largest absolute Gasteiger partial charge is 0.408 e. The lowest BCUT2D eigenvalue weighted by Crippen LogP contribution is -2.18. The first kappa shape index (κ1) is 12.5. The molecule has 0 aliphatic rings. The van der Waals surface area contributed by atoms with Crippen molar-refractivity contribution in [1.29, 1.82) is 0 Å². The normalized spacial score (nSPS) is 10.7. The topological polar surface area (TPSA) is 55.1 Å². The first-order valence-electron chi connectivity index (χ1n) is 6.06. The van der Waals surface area contributed by atoms with Crippen LogP contribution in [0.2, 0.25) is 0 Å². The van der Waals surface area contributed by atoms with Crippen LogP contribution in [0.3, 0.4) is 0 Å². The molecule has 0 fully saturated rings. The van der Waals surface area contributed by atoms with Crippen LogP contribution in [-0.2, 0) is 13.0 Å². The van der Waals surface area contributed by atoms with E-state index in [1.54, 1.807) is 0 Å². The van der Waals surface area contributed by atoms with Crippen molar-refractivity contribution in [3.63, 3.8) is 0 Å². The van der Waals surface area contributed by atoms with Gasteiger partial charge in [0.05, 0.1) is 12.2 Å². The lowest BCUT2D eigenvalue weighted by molar-refractivity contribution is 0.493. The summed E-state index contributed by atoms with van der Waals surface area (Å²) in [6.45, 7) is 6.72. The van der Waals surface area contributed by atoms with Crippen molar-refractivity contribution < 1.29 is 4.42 Å². The molecule has 0 spiro atoms. The summed E-state index contributed by atoms with van der Waals surface area (Å²) in [7, 11) is 1.92. The lowest BCUT2D eigenvalue weighted by atomic mass is 10.2. The summed E-state index contributed by atoms with van der Waals surface area (Å²) in [6, 6.07) is 4.67. The maximum atomic E-state index is 5.50. The molecule has 5 heteroatoms. The third-order valence-electron chi connectivity index (χ3n) is 2.64. The van der Waals surface area contributed by atoms with E-state index in [2.05, 4.69) is 34.2 Å². The Balaban J connectivity index is 2.12. The van der Waals surface area contributed by atoms with Crippen LogP contribution in [0.15, 0.2) is 16.5 Å². The zero-order chi connectivity index (χ0) is 13.1. The quantitative estimate of drug-likeness (QED) is 0.828. The van der Waals surface area contributed by atoms with Crippen LogP contribution in [-0.4, -0.2) is 22.2 Å². The molecule has 0 N–H and O–H groups in total. The van der Waals surface area contributed by atoms with Crippen molar-refractivity contribution in [2.75, 3.05) is 11.9 Å². The van der Waals surface area contributed by atoms with Gasteiger partial charge in [0.15, 0.2) is 0 Å². The second-order valence-electron chi connectivity index (χ2n) is 4.47. The maximum Gasteiger partial charge on any atom is 0.318 e. The third-order valence-corrected chi connectivity index (χ3v) is 2.64. The molecule has 5 nitrogen and oxygen atoms in total. The Kier molecular flexibility index (Phi) is 3.60. The Morgan fingerprint density at radius 3 is 2.61 bits per heavy atom. The Morgan fingerprint density at radius 1 is 1.22 bits per heavy atom. The van der Waals surface area contributed by atoms with E-state index in [4.69, 9.17) is 4.42 Å². The number of hydrogen-bond donors (Lipinski definition) is 0. The van der Waals surface area contributed by atoms with E-state index in [-0.39, 0.29) is 0 Å². The van der Waals surface area contributed by atoms with Crippen molar-refractivity contribution in [2.45, 2.75) is 33.7 Å². The zero-order valence-corrected chi connectivity index (χ0v) is 11.3. The minimum absolute atomic E-state index is 0.535. The van der Waals surface area contributed by atoms with Gasteiger partial charge in [-0.15, -0.1) is 5.10 Å². The average Bonchev–Trinajstić information content (AvgIpc) is 2.75. The van der Waals surface area contributed by atoms with Gasteiger partial charge in [0.25, 0.3) is 0 Å². The average molecular weight is 246 g/mol. The fourth-order valence-electron chi connectivity index (χ4n) is 1.86. The van der Waals surface area contributed by atoms with Gasteiger partial charge in [-0.1, -0.05) is 12.0 Å². The predicted octanol–water partition coefficient (Wildman–Crippen LogP) is 2.28. The summed E-state index contributed by atoms with van der Waals surface area (Å²) in [5.41, 5.74) is 3.25. The summed E-state index contributed by atoms with van der Waals surface area (Å²) in [4.78, 5) is 6.41. The highest BCUT2D eigenvalue weighted by Gasteiger charge is 2.11. The molecular weight excluding hydrogens is 228 g/mol. The van der Waals surface area contributed by atoms with E-state index in [0.717, 1.165) is 17.8 Å². The Bertz CT molecular complexity index is 515. The number of aryl methyl sites for hydroxylation is 3. The number of pyridine rings is 1. The summed E-state index contributed by atoms with van der Waals surface area (Å²) >= 11 is 0. The Labute approximate surface area is 107 Å². The molecule has 0 saturated carbocycles.